The summed E-state index contributed by atoms with van der Waals surface area (Å²) in [5.74, 6) is -1.04. The highest BCUT2D eigenvalue weighted by atomic mass is 16.4. The lowest BCUT2D eigenvalue weighted by Crippen LogP contribution is -2.32. The van der Waals surface area contributed by atoms with Gasteiger partial charge < -0.3 is 15.7 Å². The fourth-order valence-corrected chi connectivity index (χ4v) is 1.48. The monoisotopic (exact) mass is 261 g/mol. The van der Waals surface area contributed by atoms with Crippen LogP contribution in [-0.4, -0.2) is 23.7 Å². The third kappa shape index (κ3) is 5.55. The summed E-state index contributed by atoms with van der Waals surface area (Å²) in [4.78, 5) is 22.0. The van der Waals surface area contributed by atoms with Gasteiger partial charge in [-0.25, -0.2) is 4.79 Å². The first-order valence-corrected chi connectivity index (χ1v) is 5.78. The smallest absolute Gasteiger partial charge is 0.319 e. The van der Waals surface area contributed by atoms with Gasteiger partial charge in [-0.2, -0.15) is 5.26 Å². The molecule has 6 nitrogen and oxygen atoms in total. The van der Waals surface area contributed by atoms with Gasteiger partial charge in [0.25, 0.3) is 0 Å². The van der Waals surface area contributed by atoms with E-state index in [1.54, 1.807) is 31.2 Å². The number of aliphatic carboxylic acids is 1. The Kier molecular flexibility index (Phi) is 5.35. The summed E-state index contributed by atoms with van der Waals surface area (Å²) < 4.78 is 0. The molecule has 100 valence electrons. The highest BCUT2D eigenvalue weighted by Crippen LogP contribution is 2.09. The zero-order valence-electron chi connectivity index (χ0n) is 10.5. The summed E-state index contributed by atoms with van der Waals surface area (Å²) in [6.07, 6.45) is 0.00416. The van der Waals surface area contributed by atoms with Crippen molar-refractivity contribution >= 4 is 17.7 Å². The first-order chi connectivity index (χ1) is 9.01. The van der Waals surface area contributed by atoms with Crippen LogP contribution in [0.15, 0.2) is 24.3 Å². The maximum absolute atomic E-state index is 11.5. The highest BCUT2D eigenvalue weighted by Gasteiger charge is 2.09. The normalized spacial score (nSPS) is 11.2. The van der Waals surface area contributed by atoms with Crippen LogP contribution >= 0.6 is 0 Å². The van der Waals surface area contributed by atoms with Gasteiger partial charge >= 0.3 is 12.0 Å². The standard InChI is InChI=1S/C13H15N3O3/c1-9(5-12(17)18)8-15-13(19)16-11-4-2-3-10(6-11)7-14/h2-4,6,9H,5,8H2,1H3,(H,17,18)(H2,15,16,19). The number of nitriles is 1. The van der Waals surface area contributed by atoms with Crippen LogP contribution < -0.4 is 10.6 Å². The fraction of sp³-hybridized carbons (Fsp3) is 0.308. The van der Waals surface area contributed by atoms with Gasteiger partial charge in [0.1, 0.15) is 0 Å². The van der Waals surface area contributed by atoms with E-state index in [0.717, 1.165) is 0 Å². The van der Waals surface area contributed by atoms with Crippen molar-refractivity contribution in [2.45, 2.75) is 13.3 Å². The lowest BCUT2D eigenvalue weighted by Gasteiger charge is -2.11. The van der Waals surface area contributed by atoms with Gasteiger partial charge in [0.15, 0.2) is 0 Å². The summed E-state index contributed by atoms with van der Waals surface area (Å²) in [6.45, 7) is 2.01. The minimum Gasteiger partial charge on any atom is -0.481 e. The minimum absolute atomic E-state index is 0.00416. The van der Waals surface area contributed by atoms with Crippen LogP contribution in [0, 0.1) is 17.2 Å². The van der Waals surface area contributed by atoms with Crippen molar-refractivity contribution in [3.63, 3.8) is 0 Å². The topological polar surface area (TPSA) is 102 Å². The van der Waals surface area contributed by atoms with E-state index in [-0.39, 0.29) is 18.9 Å². The van der Waals surface area contributed by atoms with E-state index < -0.39 is 12.0 Å². The lowest BCUT2D eigenvalue weighted by atomic mass is 10.1. The molecule has 0 aliphatic carbocycles. The number of amides is 2. The van der Waals surface area contributed by atoms with Crippen molar-refractivity contribution in [2.75, 3.05) is 11.9 Å². The molecule has 0 aromatic heterocycles. The Labute approximate surface area is 111 Å². The number of benzene rings is 1. The van der Waals surface area contributed by atoms with Crippen LogP contribution in [0.4, 0.5) is 10.5 Å². The lowest BCUT2D eigenvalue weighted by molar-refractivity contribution is -0.137. The molecule has 0 saturated carbocycles. The largest absolute Gasteiger partial charge is 0.481 e. The molecule has 19 heavy (non-hydrogen) atoms. The van der Waals surface area contributed by atoms with Gasteiger partial charge in [-0.05, 0) is 24.1 Å². The summed E-state index contributed by atoms with van der Waals surface area (Å²) in [5.41, 5.74) is 0.972. The third-order valence-corrected chi connectivity index (χ3v) is 2.38. The van der Waals surface area contributed by atoms with E-state index in [1.165, 1.54) is 0 Å². The van der Waals surface area contributed by atoms with Crippen molar-refractivity contribution in [1.82, 2.24) is 5.32 Å². The fourth-order valence-electron chi connectivity index (χ4n) is 1.48. The van der Waals surface area contributed by atoms with E-state index in [1.807, 2.05) is 6.07 Å². The number of hydrogen-bond donors (Lipinski definition) is 3. The van der Waals surface area contributed by atoms with Crippen LogP contribution in [-0.2, 0) is 4.79 Å². The van der Waals surface area contributed by atoms with Crippen LogP contribution in [0.5, 0.6) is 0 Å². The molecule has 1 aromatic carbocycles. The highest BCUT2D eigenvalue weighted by molar-refractivity contribution is 5.89. The van der Waals surface area contributed by atoms with Crippen molar-refractivity contribution in [1.29, 1.82) is 5.26 Å². The predicted molar refractivity (Wildman–Crippen MR) is 69.6 cm³/mol. The third-order valence-electron chi connectivity index (χ3n) is 2.38. The maximum Gasteiger partial charge on any atom is 0.319 e. The average molecular weight is 261 g/mol. The van der Waals surface area contributed by atoms with E-state index in [0.29, 0.717) is 11.3 Å². The molecule has 3 N–H and O–H groups in total. The van der Waals surface area contributed by atoms with E-state index in [4.69, 9.17) is 10.4 Å². The van der Waals surface area contributed by atoms with Gasteiger partial charge in [-0.1, -0.05) is 13.0 Å². The molecule has 0 saturated heterocycles. The Hall–Kier alpha value is -2.55. The Bertz CT molecular complexity index is 508. The first kappa shape index (κ1) is 14.5. The Morgan fingerprint density at radius 2 is 2.21 bits per heavy atom. The SMILES string of the molecule is CC(CNC(=O)Nc1cccc(C#N)c1)CC(=O)O. The molecule has 6 heteroatoms. The number of hydrogen-bond acceptors (Lipinski definition) is 3. The zero-order chi connectivity index (χ0) is 14.3. The average Bonchev–Trinajstić information content (AvgIpc) is 2.36. The molecule has 0 aliphatic rings. The zero-order valence-corrected chi connectivity index (χ0v) is 10.5. The van der Waals surface area contributed by atoms with Gasteiger partial charge in [0, 0.05) is 18.7 Å². The molecule has 1 aromatic rings. The number of nitrogens with one attached hydrogen (secondary N) is 2. The van der Waals surface area contributed by atoms with Crippen LogP contribution in [0.2, 0.25) is 0 Å². The van der Waals surface area contributed by atoms with Crippen LogP contribution in [0.1, 0.15) is 18.9 Å². The number of carboxylic acid groups (broad SMARTS) is 1. The molecule has 1 unspecified atom stereocenters. The van der Waals surface area contributed by atoms with Gasteiger partial charge in [0.05, 0.1) is 11.6 Å². The second-order valence-corrected chi connectivity index (χ2v) is 4.23. The summed E-state index contributed by atoms with van der Waals surface area (Å²) in [6, 6.07) is 8.08. The molecule has 1 rings (SSSR count). The van der Waals surface area contributed by atoms with Crippen molar-refractivity contribution in [3.8, 4) is 6.07 Å². The molecule has 0 bridgehead atoms. The number of carbonyl (C=O) groups excluding carboxylic acids is 1. The van der Waals surface area contributed by atoms with Crippen LogP contribution in [0.3, 0.4) is 0 Å². The summed E-state index contributed by atoms with van der Waals surface area (Å²) in [7, 11) is 0. The molecule has 0 heterocycles. The van der Waals surface area contributed by atoms with Gasteiger partial charge in [-0.15, -0.1) is 0 Å². The Morgan fingerprint density at radius 1 is 1.47 bits per heavy atom. The summed E-state index contributed by atoms with van der Waals surface area (Å²) in [5, 5.41) is 22.5. The van der Waals surface area contributed by atoms with E-state index >= 15 is 0 Å². The quantitative estimate of drug-likeness (QED) is 0.751. The van der Waals surface area contributed by atoms with E-state index in [9.17, 15) is 9.59 Å². The minimum atomic E-state index is -0.892. The number of carbonyl (C=O) groups is 2. The second kappa shape index (κ2) is 7.01. The molecule has 0 fully saturated rings. The number of urea groups is 1. The van der Waals surface area contributed by atoms with Crippen molar-refractivity contribution in [2.24, 2.45) is 5.92 Å². The van der Waals surface area contributed by atoms with Gasteiger partial charge in [0.2, 0.25) is 0 Å². The van der Waals surface area contributed by atoms with Crippen molar-refractivity contribution < 1.29 is 14.7 Å². The molecule has 1 atom stereocenters. The number of anilines is 1. The van der Waals surface area contributed by atoms with E-state index in [2.05, 4.69) is 10.6 Å². The first-order valence-electron chi connectivity index (χ1n) is 5.78. The molecular formula is C13H15N3O3. The number of carboxylic acids is 1. The van der Waals surface area contributed by atoms with Crippen molar-refractivity contribution in [3.05, 3.63) is 29.8 Å². The summed E-state index contributed by atoms with van der Waals surface area (Å²) >= 11 is 0. The number of rotatable bonds is 5. The molecule has 0 radical (unpaired) electrons. The molecule has 0 spiro atoms. The molecule has 0 aliphatic heterocycles. The van der Waals surface area contributed by atoms with Gasteiger partial charge in [-0.3, -0.25) is 4.79 Å². The maximum atomic E-state index is 11.5. The van der Waals surface area contributed by atoms with Crippen LogP contribution in [0.25, 0.3) is 0 Å². The predicted octanol–water partition coefficient (Wildman–Crippen LogP) is 1.79. The number of nitrogens with zero attached hydrogens (tertiary/aromatic N) is 1. The molecule has 2 amide bonds. The Morgan fingerprint density at radius 3 is 2.84 bits per heavy atom. The second-order valence-electron chi connectivity index (χ2n) is 4.23. The Balaban J connectivity index is 2.43. The molecular weight excluding hydrogens is 246 g/mol.